The predicted octanol–water partition coefficient (Wildman–Crippen LogP) is 4.65. The molecule has 12 heteroatoms. The standard InChI is InChI=1S/C33H38N4O8/c1-6-43-28-18-22(8-17-27(28)45-20-29(38)35-24-11-9-23(10-12-24)33(41)44-7-2)19-34-37-32(40)30(21(3)4)31(39)36-25-13-15-26(42-5)16-14-25/h8-19,21,30H,6-7,20H2,1-5H3,(H,35,38)(H,36,39)(H,37,40). The Morgan fingerprint density at radius 3 is 2.09 bits per heavy atom. The summed E-state index contributed by atoms with van der Waals surface area (Å²) in [5.41, 5.74) is 4.44. The van der Waals surface area contributed by atoms with E-state index in [0.29, 0.717) is 46.4 Å². The van der Waals surface area contributed by atoms with Gasteiger partial charge in [0.2, 0.25) is 5.91 Å². The van der Waals surface area contributed by atoms with Crippen LogP contribution in [0.1, 0.15) is 43.6 Å². The van der Waals surface area contributed by atoms with Gasteiger partial charge < -0.3 is 29.6 Å². The van der Waals surface area contributed by atoms with Crippen LogP contribution in [0.5, 0.6) is 17.2 Å². The normalized spacial score (nSPS) is 11.4. The minimum Gasteiger partial charge on any atom is -0.497 e. The summed E-state index contributed by atoms with van der Waals surface area (Å²) in [6, 6.07) is 18.1. The molecule has 45 heavy (non-hydrogen) atoms. The molecule has 0 aliphatic heterocycles. The van der Waals surface area contributed by atoms with Gasteiger partial charge in [-0.3, -0.25) is 14.4 Å². The third-order valence-corrected chi connectivity index (χ3v) is 6.28. The minimum absolute atomic E-state index is 0.272. The molecule has 12 nitrogen and oxygen atoms in total. The SMILES string of the molecule is CCOC(=O)c1ccc(NC(=O)COc2ccc(C=NNC(=O)C(C(=O)Nc3ccc(OC)cc3)C(C)C)cc2OCC)cc1. The first-order valence-electron chi connectivity index (χ1n) is 14.4. The van der Waals surface area contributed by atoms with Crippen molar-refractivity contribution in [2.45, 2.75) is 27.7 Å². The van der Waals surface area contributed by atoms with Crippen LogP contribution in [-0.4, -0.2) is 56.8 Å². The van der Waals surface area contributed by atoms with Gasteiger partial charge in [-0.2, -0.15) is 5.10 Å². The molecule has 0 bridgehead atoms. The quantitative estimate of drug-likeness (QED) is 0.0963. The van der Waals surface area contributed by atoms with Crippen molar-refractivity contribution in [3.63, 3.8) is 0 Å². The highest BCUT2D eigenvalue weighted by atomic mass is 16.5. The van der Waals surface area contributed by atoms with E-state index in [2.05, 4.69) is 21.2 Å². The molecular formula is C33H38N4O8. The van der Waals surface area contributed by atoms with Gasteiger partial charge in [-0.05, 0) is 92.1 Å². The van der Waals surface area contributed by atoms with Crippen molar-refractivity contribution in [1.29, 1.82) is 0 Å². The first kappa shape index (κ1) is 34.1. The number of methoxy groups -OCH3 is 1. The third-order valence-electron chi connectivity index (χ3n) is 6.28. The number of anilines is 2. The van der Waals surface area contributed by atoms with Crippen molar-refractivity contribution in [3.8, 4) is 17.2 Å². The Morgan fingerprint density at radius 1 is 0.800 bits per heavy atom. The highest BCUT2D eigenvalue weighted by molar-refractivity contribution is 6.06. The molecule has 0 fully saturated rings. The zero-order chi connectivity index (χ0) is 32.8. The summed E-state index contributed by atoms with van der Waals surface area (Å²) in [5.74, 6) is -1.79. The van der Waals surface area contributed by atoms with Crippen LogP contribution in [0.15, 0.2) is 71.8 Å². The largest absolute Gasteiger partial charge is 0.497 e. The van der Waals surface area contributed by atoms with Gasteiger partial charge in [-0.25, -0.2) is 10.2 Å². The second-order valence-electron chi connectivity index (χ2n) is 9.95. The van der Waals surface area contributed by atoms with Crippen LogP contribution in [0, 0.1) is 11.8 Å². The number of rotatable bonds is 15. The van der Waals surface area contributed by atoms with Gasteiger partial charge in [0.1, 0.15) is 11.7 Å². The molecule has 3 N–H and O–H groups in total. The fourth-order valence-corrected chi connectivity index (χ4v) is 4.10. The summed E-state index contributed by atoms with van der Waals surface area (Å²) in [5, 5.41) is 9.48. The number of hydrazone groups is 1. The maximum absolute atomic E-state index is 12.9. The number of esters is 1. The molecule has 0 saturated heterocycles. The average molecular weight is 619 g/mol. The van der Waals surface area contributed by atoms with E-state index in [1.165, 1.54) is 6.21 Å². The molecule has 1 unspecified atom stereocenters. The number of carbonyl (C=O) groups excluding carboxylic acids is 4. The summed E-state index contributed by atoms with van der Waals surface area (Å²) in [6.45, 7) is 7.40. The van der Waals surface area contributed by atoms with Crippen molar-refractivity contribution in [2.75, 3.05) is 37.6 Å². The topological polar surface area (TPSA) is 154 Å². The third kappa shape index (κ3) is 10.4. The number of nitrogens with one attached hydrogen (secondary N) is 3. The molecule has 0 saturated carbocycles. The Kier molecular flexibility index (Phi) is 12.9. The van der Waals surface area contributed by atoms with Crippen LogP contribution in [0.25, 0.3) is 0 Å². The van der Waals surface area contributed by atoms with Gasteiger partial charge in [0.15, 0.2) is 18.1 Å². The zero-order valence-corrected chi connectivity index (χ0v) is 25.9. The molecule has 3 aromatic carbocycles. The zero-order valence-electron chi connectivity index (χ0n) is 25.9. The summed E-state index contributed by atoms with van der Waals surface area (Å²) in [4.78, 5) is 50.0. The number of ether oxygens (including phenoxy) is 4. The summed E-state index contributed by atoms with van der Waals surface area (Å²) in [6.07, 6.45) is 1.41. The van der Waals surface area contributed by atoms with Crippen molar-refractivity contribution < 1.29 is 38.1 Å². The fraction of sp³-hybridized carbons (Fsp3) is 0.303. The van der Waals surface area contributed by atoms with E-state index in [9.17, 15) is 19.2 Å². The van der Waals surface area contributed by atoms with E-state index < -0.39 is 29.6 Å². The first-order valence-corrected chi connectivity index (χ1v) is 14.4. The Balaban J connectivity index is 1.57. The van der Waals surface area contributed by atoms with Gasteiger partial charge in [-0.15, -0.1) is 0 Å². The molecule has 3 aromatic rings. The van der Waals surface area contributed by atoms with Crippen molar-refractivity contribution in [1.82, 2.24) is 5.43 Å². The number of amides is 3. The molecule has 0 aliphatic rings. The fourth-order valence-electron chi connectivity index (χ4n) is 4.10. The molecule has 0 spiro atoms. The smallest absolute Gasteiger partial charge is 0.338 e. The second-order valence-corrected chi connectivity index (χ2v) is 9.95. The van der Waals surface area contributed by atoms with Gasteiger partial charge in [-0.1, -0.05) is 13.8 Å². The maximum Gasteiger partial charge on any atom is 0.338 e. The molecule has 1 atom stereocenters. The number of hydrogen-bond acceptors (Lipinski definition) is 9. The molecule has 0 radical (unpaired) electrons. The van der Waals surface area contributed by atoms with Gasteiger partial charge >= 0.3 is 5.97 Å². The molecule has 0 aromatic heterocycles. The Bertz CT molecular complexity index is 1490. The lowest BCUT2D eigenvalue weighted by Crippen LogP contribution is -2.39. The average Bonchev–Trinajstić information content (AvgIpc) is 3.01. The number of carbonyl (C=O) groups is 4. The van der Waals surface area contributed by atoms with E-state index in [-0.39, 0.29) is 19.1 Å². The molecule has 3 amide bonds. The van der Waals surface area contributed by atoms with Crippen LogP contribution in [0.2, 0.25) is 0 Å². The van der Waals surface area contributed by atoms with Crippen molar-refractivity contribution in [2.24, 2.45) is 16.9 Å². The first-order chi connectivity index (χ1) is 21.6. The van der Waals surface area contributed by atoms with E-state index in [1.54, 1.807) is 102 Å². The Labute approximate surface area is 262 Å². The Hall–Kier alpha value is -5.39. The summed E-state index contributed by atoms with van der Waals surface area (Å²) < 4.78 is 21.4. The van der Waals surface area contributed by atoms with Crippen molar-refractivity contribution in [3.05, 3.63) is 77.9 Å². The van der Waals surface area contributed by atoms with E-state index in [1.807, 2.05) is 0 Å². The lowest BCUT2D eigenvalue weighted by molar-refractivity contribution is -0.134. The van der Waals surface area contributed by atoms with Crippen LogP contribution < -0.4 is 30.3 Å². The minimum atomic E-state index is -0.985. The highest BCUT2D eigenvalue weighted by Crippen LogP contribution is 2.28. The monoisotopic (exact) mass is 618 g/mol. The summed E-state index contributed by atoms with van der Waals surface area (Å²) >= 11 is 0. The Morgan fingerprint density at radius 2 is 1.47 bits per heavy atom. The van der Waals surface area contributed by atoms with Crippen LogP contribution in [0.4, 0.5) is 11.4 Å². The molecule has 0 heterocycles. The number of hydrogen-bond donors (Lipinski definition) is 3. The maximum atomic E-state index is 12.9. The van der Waals surface area contributed by atoms with Crippen molar-refractivity contribution >= 4 is 41.3 Å². The van der Waals surface area contributed by atoms with Crippen LogP contribution in [0.3, 0.4) is 0 Å². The number of benzene rings is 3. The van der Waals surface area contributed by atoms with E-state index in [4.69, 9.17) is 18.9 Å². The van der Waals surface area contributed by atoms with Gasteiger partial charge in [0.05, 0.1) is 32.1 Å². The number of nitrogens with zero attached hydrogens (tertiary/aromatic N) is 1. The summed E-state index contributed by atoms with van der Waals surface area (Å²) in [7, 11) is 1.55. The van der Waals surface area contributed by atoms with Gasteiger partial charge in [0.25, 0.3) is 11.8 Å². The highest BCUT2D eigenvalue weighted by Gasteiger charge is 2.30. The molecular weight excluding hydrogens is 580 g/mol. The molecule has 3 rings (SSSR count). The van der Waals surface area contributed by atoms with Gasteiger partial charge in [0, 0.05) is 11.4 Å². The molecule has 238 valence electrons. The van der Waals surface area contributed by atoms with E-state index >= 15 is 0 Å². The molecule has 0 aliphatic carbocycles. The van der Waals surface area contributed by atoms with E-state index in [0.717, 1.165) is 0 Å². The van der Waals surface area contributed by atoms with Crippen LogP contribution in [-0.2, 0) is 19.1 Å². The second kappa shape index (κ2) is 17.0. The predicted molar refractivity (Wildman–Crippen MR) is 170 cm³/mol. The van der Waals surface area contributed by atoms with Crippen LogP contribution >= 0.6 is 0 Å². The lowest BCUT2D eigenvalue weighted by Gasteiger charge is -2.18. The lowest BCUT2D eigenvalue weighted by atomic mass is 9.94.